The Bertz CT molecular complexity index is 1120. The Morgan fingerprint density at radius 3 is 2.67 bits per heavy atom. The van der Waals surface area contributed by atoms with Crippen LogP contribution in [0.25, 0.3) is 10.2 Å². The van der Waals surface area contributed by atoms with Crippen LogP contribution in [-0.2, 0) is 0 Å². The van der Waals surface area contributed by atoms with Crippen LogP contribution in [0.1, 0.15) is 21.7 Å². The summed E-state index contributed by atoms with van der Waals surface area (Å²) in [6.07, 6.45) is 3.00. The minimum absolute atomic E-state index is 0.346. The average molecular weight is 372 g/mol. The van der Waals surface area contributed by atoms with E-state index < -0.39 is 0 Å². The minimum Gasteiger partial charge on any atom is -0.463 e. The van der Waals surface area contributed by atoms with Gasteiger partial charge >= 0.3 is 0 Å². The van der Waals surface area contributed by atoms with E-state index in [-0.39, 0.29) is 5.91 Å². The molecular formula is C20H12N4O2S. The van der Waals surface area contributed by atoms with Gasteiger partial charge in [0.25, 0.3) is 5.91 Å². The molecule has 0 unspecified atom stereocenters. The van der Waals surface area contributed by atoms with Crippen molar-refractivity contribution in [3.63, 3.8) is 0 Å². The van der Waals surface area contributed by atoms with Gasteiger partial charge in [-0.15, -0.1) is 0 Å². The molecule has 2 heterocycles. The number of hydrogen-bond donors (Lipinski definition) is 0. The van der Waals surface area contributed by atoms with Crippen LogP contribution in [0.2, 0.25) is 0 Å². The summed E-state index contributed by atoms with van der Waals surface area (Å²) in [4.78, 5) is 17.6. The third kappa shape index (κ3) is 3.47. The van der Waals surface area contributed by atoms with Crippen molar-refractivity contribution in [2.45, 2.75) is 0 Å². The molecule has 0 fully saturated rings. The van der Waals surface area contributed by atoms with Gasteiger partial charge in [0.1, 0.15) is 5.76 Å². The number of hydrogen-bond acceptors (Lipinski definition) is 6. The normalized spacial score (nSPS) is 10.9. The van der Waals surface area contributed by atoms with Crippen molar-refractivity contribution < 1.29 is 9.21 Å². The molecule has 2 aromatic heterocycles. The van der Waals surface area contributed by atoms with Crippen LogP contribution < -0.4 is 5.01 Å². The molecule has 6 nitrogen and oxygen atoms in total. The number of carbonyl (C=O) groups excluding carboxylic acids is 1. The van der Waals surface area contributed by atoms with Gasteiger partial charge in [-0.25, -0.2) is 4.98 Å². The summed E-state index contributed by atoms with van der Waals surface area (Å²) in [5.74, 6) is 0.176. The first-order valence-corrected chi connectivity index (χ1v) is 8.84. The molecule has 0 atom stereocenters. The smallest absolute Gasteiger partial charge is 0.280 e. The second kappa shape index (κ2) is 7.23. The summed E-state index contributed by atoms with van der Waals surface area (Å²) in [5.41, 5.74) is 1.69. The molecule has 0 aliphatic carbocycles. The number of rotatable bonds is 4. The fraction of sp³-hybridized carbons (Fsp3) is 0. The van der Waals surface area contributed by atoms with Crippen molar-refractivity contribution in [1.82, 2.24) is 4.98 Å². The van der Waals surface area contributed by atoms with E-state index in [1.807, 2.05) is 30.3 Å². The summed E-state index contributed by atoms with van der Waals surface area (Å²) < 4.78 is 6.21. The molecule has 2 aromatic carbocycles. The SMILES string of the molecule is N#Cc1ccc(C(=O)N(/N=C\c2ccco2)c2nc3ccccc3s2)cc1. The molecule has 0 aliphatic heterocycles. The average Bonchev–Trinajstić information content (AvgIpc) is 3.37. The Kier molecular flexibility index (Phi) is 4.47. The fourth-order valence-electron chi connectivity index (χ4n) is 2.43. The van der Waals surface area contributed by atoms with Crippen molar-refractivity contribution in [3.05, 3.63) is 83.8 Å². The van der Waals surface area contributed by atoms with Crippen molar-refractivity contribution in [1.29, 1.82) is 5.26 Å². The molecule has 130 valence electrons. The summed E-state index contributed by atoms with van der Waals surface area (Å²) in [7, 11) is 0. The van der Waals surface area contributed by atoms with E-state index in [9.17, 15) is 4.79 Å². The lowest BCUT2D eigenvalue weighted by Crippen LogP contribution is -2.25. The van der Waals surface area contributed by atoms with Crippen LogP contribution in [0, 0.1) is 11.3 Å². The predicted molar refractivity (Wildman–Crippen MR) is 104 cm³/mol. The van der Waals surface area contributed by atoms with Crippen LogP contribution in [0.3, 0.4) is 0 Å². The van der Waals surface area contributed by atoms with Crippen molar-refractivity contribution in [3.8, 4) is 6.07 Å². The number of amides is 1. The van der Waals surface area contributed by atoms with Crippen LogP contribution >= 0.6 is 11.3 Å². The van der Waals surface area contributed by atoms with Crippen LogP contribution in [0.15, 0.2) is 76.4 Å². The lowest BCUT2D eigenvalue weighted by molar-refractivity contribution is 0.0988. The van der Waals surface area contributed by atoms with Crippen LogP contribution in [-0.4, -0.2) is 17.1 Å². The maximum atomic E-state index is 13.0. The number of fused-ring (bicyclic) bond motifs is 1. The quantitative estimate of drug-likeness (QED) is 0.392. The molecule has 27 heavy (non-hydrogen) atoms. The van der Waals surface area contributed by atoms with E-state index in [1.165, 1.54) is 28.8 Å². The van der Waals surface area contributed by atoms with Crippen LogP contribution in [0.4, 0.5) is 5.13 Å². The number of benzene rings is 2. The highest BCUT2D eigenvalue weighted by molar-refractivity contribution is 7.22. The molecule has 7 heteroatoms. The molecule has 0 spiro atoms. The van der Waals surface area contributed by atoms with Gasteiger partial charge < -0.3 is 4.42 Å². The zero-order chi connectivity index (χ0) is 18.6. The number of nitrogens with zero attached hydrogens (tertiary/aromatic N) is 4. The zero-order valence-corrected chi connectivity index (χ0v) is 14.8. The van der Waals surface area contributed by atoms with Gasteiger partial charge in [0.15, 0.2) is 0 Å². The third-order valence-electron chi connectivity index (χ3n) is 3.76. The number of aromatic nitrogens is 1. The van der Waals surface area contributed by atoms with Gasteiger partial charge in [-0.1, -0.05) is 23.5 Å². The number of thiazole rings is 1. The molecule has 4 rings (SSSR count). The predicted octanol–water partition coefficient (Wildman–Crippen LogP) is 4.44. The highest BCUT2D eigenvalue weighted by Gasteiger charge is 2.21. The zero-order valence-electron chi connectivity index (χ0n) is 13.9. The third-order valence-corrected chi connectivity index (χ3v) is 4.77. The Morgan fingerprint density at radius 1 is 1.15 bits per heavy atom. The highest BCUT2D eigenvalue weighted by Crippen LogP contribution is 2.29. The van der Waals surface area contributed by atoms with E-state index in [0.717, 1.165) is 10.2 Å². The first-order valence-electron chi connectivity index (χ1n) is 8.02. The molecule has 0 bridgehead atoms. The van der Waals surface area contributed by atoms with Gasteiger partial charge in [-0.3, -0.25) is 4.79 Å². The molecule has 0 saturated carbocycles. The van der Waals surface area contributed by atoms with E-state index >= 15 is 0 Å². The van der Waals surface area contributed by atoms with Gasteiger partial charge in [-0.05, 0) is 48.5 Å². The summed E-state index contributed by atoms with van der Waals surface area (Å²) >= 11 is 1.37. The first kappa shape index (κ1) is 16.7. The Labute approximate surface area is 158 Å². The number of para-hydroxylation sites is 1. The molecule has 0 radical (unpaired) electrons. The number of furan rings is 1. The molecule has 1 amide bonds. The van der Waals surface area contributed by atoms with Gasteiger partial charge in [0.2, 0.25) is 5.13 Å². The number of hydrazone groups is 1. The van der Waals surface area contributed by atoms with Crippen molar-refractivity contribution in [2.24, 2.45) is 5.10 Å². The van der Waals surface area contributed by atoms with Gasteiger partial charge in [-0.2, -0.15) is 15.4 Å². The largest absolute Gasteiger partial charge is 0.463 e. The first-order chi connectivity index (χ1) is 13.2. The standard InChI is InChI=1S/C20H12N4O2S/c21-12-14-7-9-15(10-8-14)19(25)24(22-13-16-4-3-11-26-16)20-23-17-5-1-2-6-18(17)27-20/h1-11,13H/b22-13-. The lowest BCUT2D eigenvalue weighted by atomic mass is 10.1. The molecular weight excluding hydrogens is 360 g/mol. The molecule has 4 aromatic rings. The lowest BCUT2D eigenvalue weighted by Gasteiger charge is -2.13. The van der Waals surface area contributed by atoms with Crippen molar-refractivity contribution >= 4 is 38.8 Å². The maximum absolute atomic E-state index is 13.0. The number of nitriles is 1. The topological polar surface area (TPSA) is 82.5 Å². The second-order valence-corrected chi connectivity index (χ2v) is 6.54. The van der Waals surface area contributed by atoms with Crippen LogP contribution in [0.5, 0.6) is 0 Å². The fourth-order valence-corrected chi connectivity index (χ4v) is 3.35. The van der Waals surface area contributed by atoms with E-state index in [1.54, 1.807) is 36.4 Å². The Balaban J connectivity index is 1.74. The highest BCUT2D eigenvalue weighted by atomic mass is 32.1. The van der Waals surface area contributed by atoms with E-state index in [4.69, 9.17) is 9.68 Å². The van der Waals surface area contributed by atoms with Gasteiger partial charge in [0.05, 0.1) is 34.3 Å². The van der Waals surface area contributed by atoms with E-state index in [2.05, 4.69) is 10.1 Å². The molecule has 0 saturated heterocycles. The second-order valence-electron chi connectivity index (χ2n) is 5.53. The Hall–Kier alpha value is -3.76. The monoisotopic (exact) mass is 372 g/mol. The molecule has 0 N–H and O–H groups in total. The summed E-state index contributed by atoms with van der Waals surface area (Å²) in [5, 5.41) is 14.9. The summed E-state index contributed by atoms with van der Waals surface area (Å²) in [6.45, 7) is 0. The minimum atomic E-state index is -0.346. The number of anilines is 1. The van der Waals surface area contributed by atoms with Crippen molar-refractivity contribution in [2.75, 3.05) is 5.01 Å². The molecule has 0 aliphatic rings. The maximum Gasteiger partial charge on any atom is 0.280 e. The Morgan fingerprint density at radius 2 is 1.96 bits per heavy atom. The van der Waals surface area contributed by atoms with Gasteiger partial charge in [0, 0.05) is 5.56 Å². The van der Waals surface area contributed by atoms with E-state index in [0.29, 0.717) is 22.0 Å². The summed E-state index contributed by atoms with van der Waals surface area (Å²) in [6, 6.07) is 19.6. The number of carbonyl (C=O) groups is 1.